The molecule has 8 heteroatoms. The van der Waals surface area contributed by atoms with Crippen molar-refractivity contribution in [1.29, 1.82) is 0 Å². The summed E-state index contributed by atoms with van der Waals surface area (Å²) in [5.74, 6) is 2.08. The van der Waals surface area contributed by atoms with Crippen LogP contribution < -0.4 is 5.32 Å². The Balaban J connectivity index is 1.49. The first-order chi connectivity index (χ1) is 12.2. The lowest BCUT2D eigenvalue weighted by Gasteiger charge is -2.31. The van der Waals surface area contributed by atoms with E-state index in [4.69, 9.17) is 4.74 Å². The molecule has 0 unspecified atom stereocenters. The summed E-state index contributed by atoms with van der Waals surface area (Å²) in [6, 6.07) is 1.92. The predicted molar refractivity (Wildman–Crippen MR) is 93.3 cm³/mol. The van der Waals surface area contributed by atoms with E-state index in [9.17, 15) is 0 Å². The third-order valence-corrected chi connectivity index (χ3v) is 4.77. The Morgan fingerprint density at radius 2 is 2.32 bits per heavy atom. The Hall–Kier alpha value is -2.48. The van der Waals surface area contributed by atoms with Crippen molar-refractivity contribution in [3.05, 3.63) is 36.2 Å². The third-order valence-electron chi connectivity index (χ3n) is 4.77. The Labute approximate surface area is 146 Å². The molecule has 4 rings (SSSR count). The van der Waals surface area contributed by atoms with E-state index >= 15 is 0 Å². The summed E-state index contributed by atoms with van der Waals surface area (Å²) in [5.41, 5.74) is 1.96. The molecule has 132 valence electrons. The van der Waals surface area contributed by atoms with Crippen LogP contribution >= 0.6 is 0 Å². The predicted octanol–water partition coefficient (Wildman–Crippen LogP) is 2.23. The summed E-state index contributed by atoms with van der Waals surface area (Å²) in [6.07, 6.45) is 7.99. The Kier molecular flexibility index (Phi) is 4.35. The molecule has 0 aromatic carbocycles. The van der Waals surface area contributed by atoms with Gasteiger partial charge in [0.25, 0.3) is 0 Å². The summed E-state index contributed by atoms with van der Waals surface area (Å²) >= 11 is 0. The van der Waals surface area contributed by atoms with Gasteiger partial charge in [-0.3, -0.25) is 9.08 Å². The Bertz CT molecular complexity index is 856. The molecule has 1 aliphatic rings. The maximum atomic E-state index is 6.06. The van der Waals surface area contributed by atoms with Gasteiger partial charge >= 0.3 is 0 Å². The van der Waals surface area contributed by atoms with Gasteiger partial charge < -0.3 is 10.1 Å². The third kappa shape index (κ3) is 3.21. The largest absolute Gasteiger partial charge is 0.373 e. The lowest BCUT2D eigenvalue weighted by molar-refractivity contribution is -0.0239. The zero-order valence-corrected chi connectivity index (χ0v) is 14.6. The van der Waals surface area contributed by atoms with Gasteiger partial charge in [0.1, 0.15) is 18.0 Å². The van der Waals surface area contributed by atoms with Crippen LogP contribution in [-0.2, 0) is 11.3 Å². The molecular weight excluding hydrogens is 318 g/mol. The van der Waals surface area contributed by atoms with Crippen LogP contribution in [0.4, 0.5) is 5.82 Å². The molecule has 3 aromatic rings. The molecule has 0 saturated carbocycles. The normalized spacial score (nSPS) is 20.9. The van der Waals surface area contributed by atoms with Crippen molar-refractivity contribution in [2.75, 3.05) is 18.5 Å². The fraction of sp³-hybridized carbons (Fsp3) is 0.529. The molecule has 1 saturated heterocycles. The highest BCUT2D eigenvalue weighted by Crippen LogP contribution is 2.33. The van der Waals surface area contributed by atoms with Gasteiger partial charge in [0.15, 0.2) is 5.65 Å². The van der Waals surface area contributed by atoms with Crippen molar-refractivity contribution < 1.29 is 4.74 Å². The molecule has 1 N–H and O–H groups in total. The summed E-state index contributed by atoms with van der Waals surface area (Å²) in [4.78, 5) is 4.59. The van der Waals surface area contributed by atoms with E-state index in [1.165, 1.54) is 0 Å². The number of anilines is 1. The second-order valence-corrected chi connectivity index (χ2v) is 6.45. The molecule has 0 bridgehead atoms. The second kappa shape index (κ2) is 6.79. The molecule has 1 fully saturated rings. The smallest absolute Gasteiger partial charge is 0.165 e. The summed E-state index contributed by atoms with van der Waals surface area (Å²) < 4.78 is 9.88. The number of aryl methyl sites for hydroxylation is 2. The van der Waals surface area contributed by atoms with Crippen molar-refractivity contribution in [3.8, 4) is 0 Å². The fourth-order valence-electron chi connectivity index (χ4n) is 3.42. The van der Waals surface area contributed by atoms with E-state index in [0.29, 0.717) is 5.92 Å². The zero-order valence-electron chi connectivity index (χ0n) is 14.6. The van der Waals surface area contributed by atoms with Crippen molar-refractivity contribution in [1.82, 2.24) is 29.4 Å². The van der Waals surface area contributed by atoms with Gasteiger partial charge in [0.2, 0.25) is 0 Å². The highest BCUT2D eigenvalue weighted by atomic mass is 16.5. The monoisotopic (exact) mass is 341 g/mol. The van der Waals surface area contributed by atoms with Gasteiger partial charge in [-0.2, -0.15) is 5.10 Å². The maximum Gasteiger partial charge on any atom is 0.165 e. The van der Waals surface area contributed by atoms with E-state index in [1.54, 1.807) is 6.33 Å². The van der Waals surface area contributed by atoms with Crippen LogP contribution in [0.5, 0.6) is 0 Å². The quantitative estimate of drug-likeness (QED) is 0.766. The molecule has 0 radical (unpaired) electrons. The Morgan fingerprint density at radius 3 is 3.16 bits per heavy atom. The number of fused-ring (bicyclic) bond motifs is 1. The van der Waals surface area contributed by atoms with E-state index in [1.807, 2.05) is 28.3 Å². The first kappa shape index (κ1) is 16.0. The van der Waals surface area contributed by atoms with Gasteiger partial charge in [0, 0.05) is 43.4 Å². The summed E-state index contributed by atoms with van der Waals surface area (Å²) in [6.45, 7) is 6.52. The molecule has 1 aliphatic heterocycles. The highest BCUT2D eigenvalue weighted by Gasteiger charge is 2.28. The molecule has 3 aromatic heterocycles. The standard InChI is InChI=1S/C17H23N7O/c1-3-23-10-14(9-20-23)17-13(5-4-6-25-17)8-18-15-7-16-22-19-11-24(16)12(2)21-15/h7,9-11,13,17-18H,3-6,8H2,1-2H3/t13-,17+/m0/s1. The first-order valence-electron chi connectivity index (χ1n) is 8.80. The average molecular weight is 341 g/mol. The van der Waals surface area contributed by atoms with Crippen molar-refractivity contribution in [3.63, 3.8) is 0 Å². The minimum absolute atomic E-state index is 0.0828. The van der Waals surface area contributed by atoms with Gasteiger partial charge in [-0.05, 0) is 26.7 Å². The second-order valence-electron chi connectivity index (χ2n) is 6.45. The van der Waals surface area contributed by atoms with Crippen LogP contribution in [-0.4, -0.2) is 42.5 Å². The summed E-state index contributed by atoms with van der Waals surface area (Å²) in [7, 11) is 0. The molecule has 2 atom stereocenters. The molecule has 0 aliphatic carbocycles. The fourth-order valence-corrected chi connectivity index (χ4v) is 3.42. The molecular formula is C17H23N7O. The van der Waals surface area contributed by atoms with Gasteiger partial charge in [-0.25, -0.2) is 4.98 Å². The van der Waals surface area contributed by atoms with Crippen LogP contribution in [0.3, 0.4) is 0 Å². The highest BCUT2D eigenvalue weighted by molar-refractivity contribution is 5.49. The van der Waals surface area contributed by atoms with Gasteiger partial charge in [-0.15, -0.1) is 10.2 Å². The minimum atomic E-state index is 0.0828. The summed E-state index contributed by atoms with van der Waals surface area (Å²) in [5, 5.41) is 15.9. The number of hydrogen-bond acceptors (Lipinski definition) is 6. The number of rotatable bonds is 5. The molecule has 4 heterocycles. The maximum absolute atomic E-state index is 6.06. The topological polar surface area (TPSA) is 82.2 Å². The van der Waals surface area contributed by atoms with E-state index in [2.05, 4.69) is 38.7 Å². The lowest BCUT2D eigenvalue weighted by Crippen LogP contribution is -2.28. The lowest BCUT2D eigenvalue weighted by atomic mass is 9.91. The van der Waals surface area contributed by atoms with E-state index in [-0.39, 0.29) is 6.10 Å². The van der Waals surface area contributed by atoms with E-state index < -0.39 is 0 Å². The van der Waals surface area contributed by atoms with Crippen LogP contribution in [0.15, 0.2) is 24.8 Å². The van der Waals surface area contributed by atoms with Crippen molar-refractivity contribution in [2.24, 2.45) is 5.92 Å². The van der Waals surface area contributed by atoms with Crippen LogP contribution in [0, 0.1) is 12.8 Å². The van der Waals surface area contributed by atoms with Crippen LogP contribution in [0.1, 0.15) is 37.3 Å². The number of nitrogens with zero attached hydrogens (tertiary/aromatic N) is 6. The number of ether oxygens (including phenoxy) is 1. The minimum Gasteiger partial charge on any atom is -0.373 e. The number of hydrogen-bond donors (Lipinski definition) is 1. The number of nitrogens with one attached hydrogen (secondary N) is 1. The van der Waals surface area contributed by atoms with Crippen molar-refractivity contribution in [2.45, 2.75) is 39.3 Å². The van der Waals surface area contributed by atoms with Crippen molar-refractivity contribution >= 4 is 11.5 Å². The molecule has 8 nitrogen and oxygen atoms in total. The zero-order chi connectivity index (χ0) is 17.2. The molecule has 0 amide bonds. The number of aromatic nitrogens is 6. The average Bonchev–Trinajstić information content (AvgIpc) is 3.29. The van der Waals surface area contributed by atoms with Gasteiger partial charge in [-0.1, -0.05) is 0 Å². The Morgan fingerprint density at radius 1 is 1.40 bits per heavy atom. The van der Waals surface area contributed by atoms with Crippen LogP contribution in [0.2, 0.25) is 0 Å². The van der Waals surface area contributed by atoms with E-state index in [0.717, 1.165) is 55.4 Å². The first-order valence-corrected chi connectivity index (χ1v) is 8.80. The molecule has 0 spiro atoms. The van der Waals surface area contributed by atoms with Gasteiger partial charge in [0.05, 0.1) is 12.3 Å². The SMILES string of the molecule is CCn1cc([C@@H]2OCCC[C@H]2CNc2cc3nncn3c(C)n2)cn1. The molecule has 25 heavy (non-hydrogen) atoms. The van der Waals surface area contributed by atoms with Crippen LogP contribution in [0.25, 0.3) is 5.65 Å².